The molecule has 2 aromatic rings. The van der Waals surface area contributed by atoms with Crippen molar-refractivity contribution in [1.29, 1.82) is 0 Å². The molecule has 2 aromatic carbocycles. The second-order valence-electron chi connectivity index (χ2n) is 6.49. The van der Waals surface area contributed by atoms with Crippen molar-refractivity contribution in [2.24, 2.45) is 0 Å². The highest BCUT2D eigenvalue weighted by Gasteiger charge is 2.45. The summed E-state index contributed by atoms with van der Waals surface area (Å²) in [5.74, 6) is -0.183. The van der Waals surface area contributed by atoms with E-state index in [0.29, 0.717) is 30.0 Å². The minimum atomic E-state index is -0.664. The van der Waals surface area contributed by atoms with Crippen molar-refractivity contribution in [3.63, 3.8) is 0 Å². The number of anilines is 2. The van der Waals surface area contributed by atoms with Crippen LogP contribution in [0.1, 0.15) is 31.7 Å². The molecule has 0 radical (unpaired) electrons. The zero-order chi connectivity index (χ0) is 18.7. The fraction of sp³-hybridized carbons (Fsp3) is 0.300. The molecule has 2 N–H and O–H groups in total. The molecule has 6 heteroatoms. The Morgan fingerprint density at radius 3 is 2.31 bits per heavy atom. The third kappa shape index (κ3) is 3.40. The minimum Gasteiger partial charge on any atom is -0.495 e. The molecule has 0 bridgehead atoms. The number of benzene rings is 2. The Hall–Kier alpha value is -2.89. The molecule has 2 amide bonds. The number of carbonyl (C=O) groups is 2. The van der Waals surface area contributed by atoms with Gasteiger partial charge in [-0.05, 0) is 48.7 Å². The minimum absolute atomic E-state index is 0.159. The molecule has 0 atom stereocenters. The van der Waals surface area contributed by atoms with Gasteiger partial charge in [-0.25, -0.2) is 4.39 Å². The van der Waals surface area contributed by atoms with Gasteiger partial charge in [-0.3, -0.25) is 9.59 Å². The van der Waals surface area contributed by atoms with E-state index < -0.39 is 5.41 Å². The van der Waals surface area contributed by atoms with Crippen LogP contribution >= 0.6 is 0 Å². The molecule has 136 valence electrons. The predicted octanol–water partition coefficient (Wildman–Crippen LogP) is 3.85. The first-order chi connectivity index (χ1) is 12.4. The zero-order valence-corrected chi connectivity index (χ0v) is 14.8. The van der Waals surface area contributed by atoms with Crippen LogP contribution in [0.5, 0.6) is 5.75 Å². The van der Waals surface area contributed by atoms with E-state index in [1.165, 1.54) is 26.2 Å². The summed E-state index contributed by atoms with van der Waals surface area (Å²) in [6, 6.07) is 11.1. The van der Waals surface area contributed by atoms with Crippen LogP contribution in [0.15, 0.2) is 42.5 Å². The highest BCUT2D eigenvalue weighted by Crippen LogP contribution is 2.45. The molecule has 0 spiro atoms. The maximum Gasteiger partial charge on any atom is 0.235 e. The molecular formula is C20H21FN2O3. The first-order valence-corrected chi connectivity index (χ1v) is 8.48. The first kappa shape index (κ1) is 17.9. The number of hydrogen-bond acceptors (Lipinski definition) is 3. The Bertz CT molecular complexity index is 829. The van der Waals surface area contributed by atoms with Crippen LogP contribution in [0.3, 0.4) is 0 Å². The lowest BCUT2D eigenvalue weighted by atomic mass is 9.64. The summed E-state index contributed by atoms with van der Waals surface area (Å²) in [5, 5.41) is 5.61. The summed E-state index contributed by atoms with van der Waals surface area (Å²) in [4.78, 5) is 24.3. The Kier molecular flexibility index (Phi) is 4.93. The quantitative estimate of drug-likeness (QED) is 0.855. The number of nitrogens with one attached hydrogen (secondary N) is 2. The number of amides is 2. The van der Waals surface area contributed by atoms with Crippen molar-refractivity contribution in [1.82, 2.24) is 0 Å². The van der Waals surface area contributed by atoms with Gasteiger partial charge in [0.2, 0.25) is 11.8 Å². The largest absolute Gasteiger partial charge is 0.495 e. The normalized spacial score (nSPS) is 14.9. The third-order valence-electron chi connectivity index (χ3n) is 4.81. The van der Waals surface area contributed by atoms with E-state index in [1.54, 1.807) is 30.3 Å². The number of carbonyl (C=O) groups excluding carboxylic acids is 2. The Morgan fingerprint density at radius 1 is 1.08 bits per heavy atom. The van der Waals surface area contributed by atoms with Crippen LogP contribution in [0.25, 0.3) is 0 Å². The third-order valence-corrected chi connectivity index (χ3v) is 4.81. The SMILES string of the molecule is COc1ccc(NC(C)=O)cc1NC(=O)C1(c2ccc(F)cc2)CCC1. The molecule has 1 saturated carbocycles. The fourth-order valence-corrected chi connectivity index (χ4v) is 3.27. The number of rotatable bonds is 5. The average molecular weight is 356 g/mol. The van der Waals surface area contributed by atoms with Gasteiger partial charge < -0.3 is 15.4 Å². The summed E-state index contributed by atoms with van der Waals surface area (Å²) in [6.07, 6.45) is 2.35. The van der Waals surface area contributed by atoms with E-state index in [9.17, 15) is 14.0 Å². The molecule has 1 aliphatic rings. The van der Waals surface area contributed by atoms with Crippen LogP contribution in [0, 0.1) is 5.82 Å². The highest BCUT2D eigenvalue weighted by molar-refractivity contribution is 6.01. The predicted molar refractivity (Wildman–Crippen MR) is 97.9 cm³/mol. The van der Waals surface area contributed by atoms with Crippen molar-refractivity contribution in [2.75, 3.05) is 17.7 Å². The van der Waals surface area contributed by atoms with Crippen molar-refractivity contribution in [2.45, 2.75) is 31.6 Å². The lowest BCUT2D eigenvalue weighted by Crippen LogP contribution is -2.46. The fourth-order valence-electron chi connectivity index (χ4n) is 3.27. The lowest BCUT2D eigenvalue weighted by molar-refractivity contribution is -0.124. The molecule has 0 unspecified atom stereocenters. The number of methoxy groups -OCH3 is 1. The maximum atomic E-state index is 13.2. The average Bonchev–Trinajstić information content (AvgIpc) is 2.55. The molecule has 0 aromatic heterocycles. The first-order valence-electron chi connectivity index (χ1n) is 8.48. The smallest absolute Gasteiger partial charge is 0.235 e. The monoisotopic (exact) mass is 356 g/mol. The van der Waals surface area contributed by atoms with Crippen molar-refractivity contribution < 1.29 is 18.7 Å². The standard InChI is InChI=1S/C20H21FN2O3/c1-13(24)22-16-8-9-18(26-2)17(12-16)23-19(25)20(10-3-11-20)14-4-6-15(21)7-5-14/h4-9,12H,3,10-11H2,1-2H3,(H,22,24)(H,23,25). The second kappa shape index (κ2) is 7.15. The van der Waals surface area contributed by atoms with Crippen molar-refractivity contribution >= 4 is 23.2 Å². The number of ether oxygens (including phenoxy) is 1. The molecular weight excluding hydrogens is 335 g/mol. The van der Waals surface area contributed by atoms with Gasteiger partial charge >= 0.3 is 0 Å². The van der Waals surface area contributed by atoms with Gasteiger partial charge in [0.05, 0.1) is 18.2 Å². The molecule has 0 heterocycles. The number of hydrogen-bond donors (Lipinski definition) is 2. The van der Waals surface area contributed by atoms with E-state index in [-0.39, 0.29) is 17.6 Å². The van der Waals surface area contributed by atoms with E-state index >= 15 is 0 Å². The van der Waals surface area contributed by atoms with Crippen LogP contribution in [0.2, 0.25) is 0 Å². The molecule has 0 aliphatic heterocycles. The highest BCUT2D eigenvalue weighted by atomic mass is 19.1. The van der Waals surface area contributed by atoms with Crippen LogP contribution in [-0.4, -0.2) is 18.9 Å². The Morgan fingerprint density at radius 2 is 1.77 bits per heavy atom. The van der Waals surface area contributed by atoms with Gasteiger partial charge in [0.1, 0.15) is 11.6 Å². The topological polar surface area (TPSA) is 67.4 Å². The van der Waals surface area contributed by atoms with E-state index in [0.717, 1.165) is 12.0 Å². The van der Waals surface area contributed by atoms with Gasteiger partial charge in [-0.15, -0.1) is 0 Å². The molecule has 5 nitrogen and oxygen atoms in total. The molecule has 3 rings (SSSR count). The molecule has 0 saturated heterocycles. The Labute approximate surface area is 151 Å². The summed E-state index contributed by atoms with van der Waals surface area (Å²) in [6.45, 7) is 1.42. The molecule has 26 heavy (non-hydrogen) atoms. The number of halogens is 1. The maximum absolute atomic E-state index is 13.2. The van der Waals surface area contributed by atoms with E-state index in [1.807, 2.05) is 0 Å². The second-order valence-corrected chi connectivity index (χ2v) is 6.49. The molecule has 1 fully saturated rings. The van der Waals surface area contributed by atoms with E-state index in [4.69, 9.17) is 4.74 Å². The summed E-state index contributed by atoms with van der Waals surface area (Å²) in [7, 11) is 1.52. The van der Waals surface area contributed by atoms with Gasteiger partial charge in [0.15, 0.2) is 0 Å². The summed E-state index contributed by atoms with van der Waals surface area (Å²) < 4.78 is 18.6. The van der Waals surface area contributed by atoms with Crippen LogP contribution in [-0.2, 0) is 15.0 Å². The summed E-state index contributed by atoms with van der Waals surface area (Å²) >= 11 is 0. The van der Waals surface area contributed by atoms with Gasteiger partial charge in [-0.2, -0.15) is 0 Å². The Balaban J connectivity index is 1.88. The zero-order valence-electron chi connectivity index (χ0n) is 14.8. The van der Waals surface area contributed by atoms with Crippen molar-refractivity contribution in [3.05, 3.63) is 53.8 Å². The van der Waals surface area contributed by atoms with E-state index in [2.05, 4.69) is 10.6 Å². The summed E-state index contributed by atoms with van der Waals surface area (Å²) in [5.41, 5.74) is 1.19. The van der Waals surface area contributed by atoms with Gasteiger partial charge in [-0.1, -0.05) is 18.6 Å². The molecule has 1 aliphatic carbocycles. The lowest BCUT2D eigenvalue weighted by Gasteiger charge is -2.40. The van der Waals surface area contributed by atoms with Crippen molar-refractivity contribution in [3.8, 4) is 5.75 Å². The van der Waals surface area contributed by atoms with Crippen LogP contribution < -0.4 is 15.4 Å². The van der Waals surface area contributed by atoms with Crippen LogP contribution in [0.4, 0.5) is 15.8 Å². The van der Waals surface area contributed by atoms with Gasteiger partial charge in [0.25, 0.3) is 0 Å². The van der Waals surface area contributed by atoms with Gasteiger partial charge in [0, 0.05) is 12.6 Å².